The van der Waals surface area contributed by atoms with Gasteiger partial charge in [0, 0.05) is 5.56 Å². The number of piperidine rings is 1. The zero-order valence-electron chi connectivity index (χ0n) is 16.1. The van der Waals surface area contributed by atoms with E-state index < -0.39 is 11.4 Å². The average molecular weight is 381 g/mol. The Morgan fingerprint density at radius 1 is 1.07 bits per heavy atom. The van der Waals surface area contributed by atoms with Crippen molar-refractivity contribution in [3.8, 4) is 22.7 Å². The van der Waals surface area contributed by atoms with Crippen LogP contribution in [0.15, 0.2) is 48.5 Å². The lowest BCUT2D eigenvalue weighted by atomic mass is 9.88. The largest absolute Gasteiger partial charge is 0.497 e. The van der Waals surface area contributed by atoms with Gasteiger partial charge < -0.3 is 15.2 Å². The molecule has 2 aromatic carbocycles. The summed E-state index contributed by atoms with van der Waals surface area (Å²) in [4.78, 5) is 0. The second-order valence-corrected chi connectivity index (χ2v) is 7.27. The number of hydrogen-bond acceptors (Lipinski definition) is 4. The first-order chi connectivity index (χ1) is 13.5. The summed E-state index contributed by atoms with van der Waals surface area (Å²) >= 11 is 0. The number of methoxy groups -OCH3 is 1. The summed E-state index contributed by atoms with van der Waals surface area (Å²) in [5.41, 5.74) is 1.71. The van der Waals surface area contributed by atoms with Gasteiger partial charge in [-0.1, -0.05) is 29.8 Å². The zero-order chi connectivity index (χ0) is 19.7. The van der Waals surface area contributed by atoms with Crippen LogP contribution in [0.5, 0.6) is 5.75 Å². The summed E-state index contributed by atoms with van der Waals surface area (Å²) < 4.78 is 22.5. The van der Waals surface area contributed by atoms with E-state index in [1.165, 1.54) is 0 Å². The molecule has 5 nitrogen and oxygen atoms in total. The molecule has 1 fully saturated rings. The van der Waals surface area contributed by atoms with Crippen molar-refractivity contribution in [1.82, 2.24) is 15.1 Å². The predicted molar refractivity (Wildman–Crippen MR) is 106 cm³/mol. The van der Waals surface area contributed by atoms with Crippen molar-refractivity contribution in [2.45, 2.75) is 25.4 Å². The van der Waals surface area contributed by atoms with Crippen molar-refractivity contribution in [1.29, 1.82) is 0 Å². The van der Waals surface area contributed by atoms with Crippen LogP contribution in [-0.2, 0) is 5.60 Å². The number of aliphatic hydroxyl groups is 1. The molecule has 0 saturated carbocycles. The molecule has 2 N–H and O–H groups in total. The van der Waals surface area contributed by atoms with E-state index >= 15 is 4.39 Å². The van der Waals surface area contributed by atoms with Crippen molar-refractivity contribution in [2.24, 2.45) is 0 Å². The van der Waals surface area contributed by atoms with Gasteiger partial charge in [0.15, 0.2) is 5.82 Å². The third-order valence-corrected chi connectivity index (χ3v) is 5.34. The lowest BCUT2D eigenvalue weighted by molar-refractivity contribution is -0.00148. The van der Waals surface area contributed by atoms with Crippen LogP contribution in [0.25, 0.3) is 16.9 Å². The Bertz CT molecular complexity index is 959. The van der Waals surface area contributed by atoms with Crippen LogP contribution in [0.1, 0.15) is 24.1 Å². The molecule has 1 aliphatic rings. The maximum Gasteiger partial charge on any atom is 0.175 e. The number of nitrogens with zero attached hydrogens (tertiary/aromatic N) is 2. The smallest absolute Gasteiger partial charge is 0.175 e. The van der Waals surface area contributed by atoms with Gasteiger partial charge in [-0.15, -0.1) is 0 Å². The fraction of sp³-hybridized carbons (Fsp3) is 0.318. The van der Waals surface area contributed by atoms with Crippen LogP contribution in [-0.4, -0.2) is 35.1 Å². The molecule has 146 valence electrons. The SMILES string of the molecule is COc1ccc(-n2nc(C3(O)CCNCC3)c(F)c2-c2ccc(C)cc2)cc1. The number of ether oxygens (including phenoxy) is 1. The van der Waals surface area contributed by atoms with Crippen molar-refractivity contribution in [3.63, 3.8) is 0 Å². The molecule has 28 heavy (non-hydrogen) atoms. The number of rotatable bonds is 4. The fourth-order valence-electron chi connectivity index (χ4n) is 3.64. The molecule has 0 aliphatic carbocycles. The Morgan fingerprint density at radius 2 is 1.71 bits per heavy atom. The first-order valence-electron chi connectivity index (χ1n) is 9.45. The minimum atomic E-state index is -1.27. The third-order valence-electron chi connectivity index (χ3n) is 5.34. The second-order valence-electron chi connectivity index (χ2n) is 7.27. The normalized spacial score (nSPS) is 16.1. The van der Waals surface area contributed by atoms with Gasteiger partial charge in [0.2, 0.25) is 0 Å². The standard InChI is InChI=1S/C22H24FN3O2/c1-15-3-5-16(6-4-15)20-19(23)21(22(27)11-13-24-14-12-22)25-26(20)17-7-9-18(28-2)10-8-17/h3-10,24,27H,11-14H2,1-2H3. The molecular weight excluding hydrogens is 357 g/mol. The first-order valence-corrected chi connectivity index (χ1v) is 9.45. The van der Waals surface area contributed by atoms with E-state index in [1.807, 2.05) is 55.5 Å². The molecule has 0 bridgehead atoms. The number of aryl methyl sites for hydroxylation is 1. The number of hydrogen-bond donors (Lipinski definition) is 2. The van der Waals surface area contributed by atoms with E-state index in [4.69, 9.17) is 4.74 Å². The van der Waals surface area contributed by atoms with Gasteiger partial charge in [-0.25, -0.2) is 9.07 Å². The Hall–Kier alpha value is -2.70. The second kappa shape index (κ2) is 7.37. The molecule has 0 radical (unpaired) electrons. The average Bonchev–Trinajstić information content (AvgIpc) is 3.07. The van der Waals surface area contributed by atoms with E-state index in [0.29, 0.717) is 43.1 Å². The molecule has 0 spiro atoms. The van der Waals surface area contributed by atoms with Crippen LogP contribution >= 0.6 is 0 Å². The highest BCUT2D eigenvalue weighted by Crippen LogP contribution is 2.37. The molecular formula is C22H24FN3O2. The molecule has 1 aliphatic heterocycles. The summed E-state index contributed by atoms with van der Waals surface area (Å²) in [5, 5.41) is 18.9. The minimum Gasteiger partial charge on any atom is -0.497 e. The lowest BCUT2D eigenvalue weighted by Crippen LogP contribution is -2.40. The van der Waals surface area contributed by atoms with Gasteiger partial charge >= 0.3 is 0 Å². The Balaban J connectivity index is 1.89. The Morgan fingerprint density at radius 3 is 2.32 bits per heavy atom. The van der Waals surface area contributed by atoms with Gasteiger partial charge in [-0.05, 0) is 57.1 Å². The molecule has 6 heteroatoms. The van der Waals surface area contributed by atoms with Gasteiger partial charge in [0.1, 0.15) is 22.7 Å². The van der Waals surface area contributed by atoms with E-state index in [9.17, 15) is 5.11 Å². The lowest BCUT2D eigenvalue weighted by Gasteiger charge is -2.30. The molecule has 1 aromatic heterocycles. The van der Waals surface area contributed by atoms with Crippen molar-refractivity contribution in [3.05, 3.63) is 65.6 Å². The van der Waals surface area contributed by atoms with Gasteiger partial charge in [0.25, 0.3) is 0 Å². The van der Waals surface area contributed by atoms with Crippen LogP contribution < -0.4 is 10.1 Å². The highest BCUT2D eigenvalue weighted by Gasteiger charge is 2.38. The third kappa shape index (κ3) is 3.30. The maximum absolute atomic E-state index is 15.7. The van der Waals surface area contributed by atoms with Gasteiger partial charge in [-0.2, -0.15) is 5.10 Å². The molecule has 4 rings (SSSR count). The molecule has 3 aromatic rings. The molecule has 0 amide bonds. The maximum atomic E-state index is 15.7. The molecule has 0 unspecified atom stereocenters. The number of nitrogens with one attached hydrogen (secondary N) is 1. The van der Waals surface area contributed by atoms with Crippen molar-refractivity contribution < 1.29 is 14.2 Å². The van der Waals surface area contributed by atoms with Crippen LogP contribution in [0.3, 0.4) is 0 Å². The van der Waals surface area contributed by atoms with Crippen molar-refractivity contribution >= 4 is 0 Å². The summed E-state index contributed by atoms with van der Waals surface area (Å²) in [6.07, 6.45) is 0.855. The van der Waals surface area contributed by atoms with Crippen LogP contribution in [0.4, 0.5) is 4.39 Å². The highest BCUT2D eigenvalue weighted by molar-refractivity contribution is 5.64. The van der Waals surface area contributed by atoms with Crippen LogP contribution in [0.2, 0.25) is 0 Å². The number of aromatic nitrogens is 2. The first kappa shape index (κ1) is 18.7. The fourth-order valence-corrected chi connectivity index (χ4v) is 3.64. The summed E-state index contributed by atoms with van der Waals surface area (Å²) in [5.74, 6) is 0.245. The Labute approximate surface area is 163 Å². The van der Waals surface area contributed by atoms with E-state index in [2.05, 4.69) is 10.4 Å². The monoisotopic (exact) mass is 381 g/mol. The highest BCUT2D eigenvalue weighted by atomic mass is 19.1. The van der Waals surface area contributed by atoms with Gasteiger partial charge in [-0.3, -0.25) is 0 Å². The van der Waals surface area contributed by atoms with Crippen molar-refractivity contribution in [2.75, 3.05) is 20.2 Å². The Kier molecular flexibility index (Phi) is 4.91. The summed E-state index contributed by atoms with van der Waals surface area (Å²) in [6.45, 7) is 3.25. The number of benzene rings is 2. The summed E-state index contributed by atoms with van der Waals surface area (Å²) in [7, 11) is 1.60. The quantitative estimate of drug-likeness (QED) is 0.725. The zero-order valence-corrected chi connectivity index (χ0v) is 16.1. The molecule has 1 saturated heterocycles. The number of halogens is 1. The van der Waals surface area contributed by atoms with Crippen LogP contribution in [0, 0.1) is 12.7 Å². The molecule has 0 atom stereocenters. The topological polar surface area (TPSA) is 59.3 Å². The molecule has 2 heterocycles. The van der Waals surface area contributed by atoms with Gasteiger partial charge in [0.05, 0.1) is 12.8 Å². The predicted octanol–water partition coefficient (Wildman–Crippen LogP) is 3.57. The van der Waals surface area contributed by atoms with E-state index in [1.54, 1.807) is 11.8 Å². The van der Waals surface area contributed by atoms with E-state index in [-0.39, 0.29) is 5.69 Å². The summed E-state index contributed by atoms with van der Waals surface area (Å²) in [6, 6.07) is 14.9. The van der Waals surface area contributed by atoms with E-state index in [0.717, 1.165) is 11.1 Å². The minimum absolute atomic E-state index is 0.111.